The molecule has 2 N–H and O–H groups in total. The molecule has 4 nitrogen and oxygen atoms in total. The molecule has 20 heavy (non-hydrogen) atoms. The summed E-state index contributed by atoms with van der Waals surface area (Å²) >= 11 is 0. The lowest BCUT2D eigenvalue weighted by Crippen LogP contribution is -2.16. The van der Waals surface area contributed by atoms with Crippen LogP contribution < -0.4 is 15.4 Å². The minimum atomic E-state index is 0.481. The standard InChI is InChI=1S/C16H21N3O/c1-11-9-12(2)18-16(15(11)10-17)19(3)13-5-7-14(20-4)8-6-13/h5-9H,10,17H2,1-4H3. The highest BCUT2D eigenvalue weighted by Crippen LogP contribution is 2.28. The van der Waals surface area contributed by atoms with E-state index in [1.165, 1.54) is 5.56 Å². The number of hydrogen-bond donors (Lipinski definition) is 1. The van der Waals surface area contributed by atoms with E-state index >= 15 is 0 Å². The molecule has 0 unspecified atom stereocenters. The third kappa shape index (κ3) is 2.75. The number of aryl methyl sites for hydroxylation is 2. The molecule has 0 bridgehead atoms. The predicted octanol–water partition coefficient (Wildman–Crippen LogP) is 2.93. The van der Waals surface area contributed by atoms with E-state index in [4.69, 9.17) is 10.5 Å². The molecule has 0 atom stereocenters. The van der Waals surface area contributed by atoms with E-state index in [1.54, 1.807) is 7.11 Å². The number of nitrogens with two attached hydrogens (primary N) is 1. The molecular weight excluding hydrogens is 250 g/mol. The summed E-state index contributed by atoms with van der Waals surface area (Å²) in [5, 5.41) is 0. The van der Waals surface area contributed by atoms with Gasteiger partial charge in [-0.15, -0.1) is 0 Å². The summed E-state index contributed by atoms with van der Waals surface area (Å²) < 4.78 is 5.18. The number of pyridine rings is 1. The first kappa shape index (κ1) is 14.3. The lowest BCUT2D eigenvalue weighted by Gasteiger charge is -2.23. The molecule has 2 rings (SSSR count). The zero-order valence-electron chi connectivity index (χ0n) is 12.5. The summed E-state index contributed by atoms with van der Waals surface area (Å²) in [6.07, 6.45) is 0. The van der Waals surface area contributed by atoms with E-state index in [2.05, 4.69) is 22.9 Å². The monoisotopic (exact) mass is 271 g/mol. The van der Waals surface area contributed by atoms with Crippen molar-refractivity contribution in [2.24, 2.45) is 5.73 Å². The van der Waals surface area contributed by atoms with E-state index in [1.807, 2.05) is 38.2 Å². The summed E-state index contributed by atoms with van der Waals surface area (Å²) in [5.74, 6) is 1.75. The maximum absolute atomic E-state index is 5.88. The Bertz CT molecular complexity index is 593. The van der Waals surface area contributed by atoms with Crippen molar-refractivity contribution in [2.45, 2.75) is 20.4 Å². The zero-order valence-corrected chi connectivity index (χ0v) is 12.5. The largest absolute Gasteiger partial charge is 0.497 e. The first-order valence-corrected chi connectivity index (χ1v) is 6.61. The highest BCUT2D eigenvalue weighted by Gasteiger charge is 2.13. The van der Waals surface area contributed by atoms with Crippen LogP contribution in [0.5, 0.6) is 5.75 Å². The second kappa shape index (κ2) is 5.92. The maximum atomic E-state index is 5.88. The average molecular weight is 271 g/mol. The number of benzene rings is 1. The fraction of sp³-hybridized carbons (Fsp3) is 0.312. The Hall–Kier alpha value is -2.07. The normalized spacial score (nSPS) is 10.4. The lowest BCUT2D eigenvalue weighted by molar-refractivity contribution is 0.415. The van der Waals surface area contributed by atoms with Crippen molar-refractivity contribution in [3.63, 3.8) is 0 Å². The molecule has 0 aliphatic rings. The Labute approximate surface area is 120 Å². The third-order valence-corrected chi connectivity index (χ3v) is 3.44. The van der Waals surface area contributed by atoms with Crippen LogP contribution in [0.4, 0.5) is 11.5 Å². The van der Waals surface area contributed by atoms with Gasteiger partial charge < -0.3 is 15.4 Å². The topological polar surface area (TPSA) is 51.4 Å². The van der Waals surface area contributed by atoms with Gasteiger partial charge in [-0.1, -0.05) is 0 Å². The molecule has 106 valence electrons. The molecule has 0 saturated carbocycles. The van der Waals surface area contributed by atoms with Crippen molar-refractivity contribution in [1.82, 2.24) is 4.98 Å². The molecule has 1 aromatic carbocycles. The molecule has 0 saturated heterocycles. The van der Waals surface area contributed by atoms with Crippen LogP contribution in [0.2, 0.25) is 0 Å². The molecule has 0 fully saturated rings. The molecule has 2 aromatic rings. The minimum Gasteiger partial charge on any atom is -0.497 e. The number of rotatable bonds is 4. The van der Waals surface area contributed by atoms with Gasteiger partial charge in [-0.3, -0.25) is 0 Å². The van der Waals surface area contributed by atoms with Gasteiger partial charge in [-0.05, 0) is 49.7 Å². The summed E-state index contributed by atoms with van der Waals surface area (Å²) in [7, 11) is 3.67. The quantitative estimate of drug-likeness (QED) is 0.929. The van der Waals surface area contributed by atoms with Crippen LogP contribution in [0.15, 0.2) is 30.3 Å². The fourth-order valence-corrected chi connectivity index (χ4v) is 2.30. The molecule has 0 spiro atoms. The van der Waals surface area contributed by atoms with Gasteiger partial charge >= 0.3 is 0 Å². The van der Waals surface area contributed by atoms with Crippen molar-refractivity contribution in [3.05, 3.63) is 47.2 Å². The van der Waals surface area contributed by atoms with Crippen LogP contribution in [0.25, 0.3) is 0 Å². The highest BCUT2D eigenvalue weighted by atomic mass is 16.5. The van der Waals surface area contributed by atoms with Crippen molar-refractivity contribution in [1.29, 1.82) is 0 Å². The average Bonchev–Trinajstić information content (AvgIpc) is 2.46. The Morgan fingerprint density at radius 1 is 1.20 bits per heavy atom. The van der Waals surface area contributed by atoms with E-state index in [9.17, 15) is 0 Å². The van der Waals surface area contributed by atoms with Gasteiger partial charge in [0.2, 0.25) is 0 Å². The number of methoxy groups -OCH3 is 1. The Balaban J connectivity index is 2.43. The fourth-order valence-electron chi connectivity index (χ4n) is 2.30. The third-order valence-electron chi connectivity index (χ3n) is 3.44. The van der Waals surface area contributed by atoms with Crippen molar-refractivity contribution >= 4 is 11.5 Å². The zero-order chi connectivity index (χ0) is 14.7. The minimum absolute atomic E-state index is 0.481. The van der Waals surface area contributed by atoms with Crippen LogP contribution >= 0.6 is 0 Å². The molecule has 0 radical (unpaired) electrons. The van der Waals surface area contributed by atoms with Gasteiger partial charge in [-0.2, -0.15) is 0 Å². The van der Waals surface area contributed by atoms with Crippen molar-refractivity contribution in [3.8, 4) is 5.75 Å². The first-order chi connectivity index (χ1) is 9.56. The van der Waals surface area contributed by atoms with E-state index in [-0.39, 0.29) is 0 Å². The molecule has 4 heteroatoms. The second-order valence-electron chi connectivity index (χ2n) is 4.84. The molecule has 0 amide bonds. The van der Waals surface area contributed by atoms with Crippen LogP contribution in [0.1, 0.15) is 16.8 Å². The van der Waals surface area contributed by atoms with Gasteiger partial charge in [0.1, 0.15) is 11.6 Å². The SMILES string of the molecule is COc1ccc(N(C)c2nc(C)cc(C)c2CN)cc1. The summed E-state index contributed by atoms with van der Waals surface area (Å²) in [5.41, 5.74) is 10.2. The Morgan fingerprint density at radius 3 is 2.40 bits per heavy atom. The van der Waals surface area contributed by atoms with Crippen LogP contribution in [0.3, 0.4) is 0 Å². The van der Waals surface area contributed by atoms with E-state index < -0.39 is 0 Å². The smallest absolute Gasteiger partial charge is 0.137 e. The number of aromatic nitrogens is 1. The van der Waals surface area contributed by atoms with Crippen molar-refractivity contribution in [2.75, 3.05) is 19.1 Å². The molecule has 0 aliphatic carbocycles. The van der Waals surface area contributed by atoms with Gasteiger partial charge in [0.15, 0.2) is 0 Å². The first-order valence-electron chi connectivity index (χ1n) is 6.61. The van der Waals surface area contributed by atoms with Gasteiger partial charge in [0.05, 0.1) is 7.11 Å². The highest BCUT2D eigenvalue weighted by molar-refractivity contribution is 5.64. The van der Waals surface area contributed by atoms with Gasteiger partial charge in [0, 0.05) is 30.5 Å². The summed E-state index contributed by atoms with van der Waals surface area (Å²) in [4.78, 5) is 6.70. The second-order valence-corrected chi connectivity index (χ2v) is 4.84. The summed E-state index contributed by atoms with van der Waals surface area (Å²) in [6, 6.07) is 9.97. The number of anilines is 2. The van der Waals surface area contributed by atoms with E-state index in [0.29, 0.717) is 6.54 Å². The molecule has 1 aromatic heterocycles. The van der Waals surface area contributed by atoms with Gasteiger partial charge in [0.25, 0.3) is 0 Å². The Morgan fingerprint density at radius 2 is 1.85 bits per heavy atom. The summed E-state index contributed by atoms with van der Waals surface area (Å²) in [6.45, 7) is 4.55. The molecule has 1 heterocycles. The molecule has 0 aliphatic heterocycles. The molecular formula is C16H21N3O. The Kier molecular flexibility index (Phi) is 4.25. The number of nitrogens with zero attached hydrogens (tertiary/aromatic N) is 2. The lowest BCUT2D eigenvalue weighted by atomic mass is 10.1. The number of hydrogen-bond acceptors (Lipinski definition) is 4. The van der Waals surface area contributed by atoms with E-state index in [0.717, 1.165) is 28.5 Å². The number of ether oxygens (including phenoxy) is 1. The van der Waals surface area contributed by atoms with Crippen LogP contribution in [-0.2, 0) is 6.54 Å². The van der Waals surface area contributed by atoms with Crippen LogP contribution in [0, 0.1) is 13.8 Å². The predicted molar refractivity (Wildman–Crippen MR) is 82.7 cm³/mol. The van der Waals surface area contributed by atoms with Crippen LogP contribution in [-0.4, -0.2) is 19.1 Å². The van der Waals surface area contributed by atoms with Crippen molar-refractivity contribution < 1.29 is 4.74 Å². The maximum Gasteiger partial charge on any atom is 0.137 e. The van der Waals surface area contributed by atoms with Gasteiger partial charge in [-0.25, -0.2) is 4.98 Å².